The number of esters is 1. The lowest BCUT2D eigenvalue weighted by atomic mass is 10.2. The van der Waals surface area contributed by atoms with Crippen LogP contribution in [0.5, 0.6) is 23.0 Å². The average Bonchev–Trinajstić information content (AvgIpc) is 2.76. The van der Waals surface area contributed by atoms with Gasteiger partial charge in [0.15, 0.2) is 6.61 Å². The van der Waals surface area contributed by atoms with Gasteiger partial charge in [0.1, 0.15) is 28.6 Å². The first kappa shape index (κ1) is 22.2. The van der Waals surface area contributed by atoms with Crippen LogP contribution in [-0.4, -0.2) is 25.8 Å². The van der Waals surface area contributed by atoms with Crippen molar-refractivity contribution in [1.29, 1.82) is 0 Å². The third-order valence-corrected chi connectivity index (χ3v) is 4.46. The van der Waals surface area contributed by atoms with Crippen molar-refractivity contribution in [3.05, 3.63) is 58.4 Å². The van der Waals surface area contributed by atoms with Gasteiger partial charge in [-0.15, -0.1) is 0 Å². The topological polar surface area (TPSA) is 84.2 Å². The zero-order valence-corrected chi connectivity index (χ0v) is 17.9. The maximum absolute atomic E-state index is 12.9. The fourth-order valence-electron chi connectivity index (χ4n) is 2.88. The summed E-state index contributed by atoms with van der Waals surface area (Å²) in [5.41, 5.74) is 0.0524. The van der Waals surface area contributed by atoms with Gasteiger partial charge in [0.05, 0.1) is 18.6 Å². The molecule has 1 aromatic heterocycles. The summed E-state index contributed by atoms with van der Waals surface area (Å²) in [7, 11) is 0. The number of unbranched alkanes of at least 4 members (excludes halogenated alkanes) is 1. The summed E-state index contributed by atoms with van der Waals surface area (Å²) in [5.74, 6) is 1.64. The molecule has 3 aromatic rings. The number of carbonyl (C=O) groups excluding carboxylic acids is 1. The Kier molecular flexibility index (Phi) is 7.54. The van der Waals surface area contributed by atoms with Crippen LogP contribution in [-0.2, 0) is 9.53 Å². The minimum absolute atomic E-state index is 0.116. The number of ether oxygens (including phenoxy) is 4. The standard InChI is InChI=1S/C24H26O7/c1-4-6-13-28-22(25)15-29-19-11-12-20-21(14-19)30-16(3)24(23(20)26)31-18-9-7-17(8-10-18)27-5-2/h7-12,14H,4-6,13,15H2,1-3H3. The first-order chi connectivity index (χ1) is 15.0. The van der Waals surface area contributed by atoms with Crippen molar-refractivity contribution in [2.45, 2.75) is 33.6 Å². The number of rotatable bonds is 10. The summed E-state index contributed by atoms with van der Waals surface area (Å²) in [6.07, 6.45) is 1.76. The predicted octanol–water partition coefficient (Wildman–Crippen LogP) is 5.01. The van der Waals surface area contributed by atoms with Crippen LogP contribution in [0.2, 0.25) is 0 Å². The molecule has 0 atom stereocenters. The highest BCUT2D eigenvalue weighted by atomic mass is 16.6. The van der Waals surface area contributed by atoms with Crippen LogP contribution in [0.25, 0.3) is 11.0 Å². The molecule has 0 aliphatic carbocycles. The van der Waals surface area contributed by atoms with Crippen LogP contribution in [0.4, 0.5) is 0 Å². The molecule has 2 aromatic carbocycles. The smallest absolute Gasteiger partial charge is 0.344 e. The Labute approximate surface area is 180 Å². The SMILES string of the molecule is CCCCOC(=O)COc1ccc2c(=O)c(Oc3ccc(OCC)cc3)c(C)oc2c1. The van der Waals surface area contributed by atoms with Crippen molar-refractivity contribution in [1.82, 2.24) is 0 Å². The lowest BCUT2D eigenvalue weighted by Crippen LogP contribution is -2.15. The lowest BCUT2D eigenvalue weighted by Gasteiger charge is -2.11. The third kappa shape index (κ3) is 5.78. The molecular weight excluding hydrogens is 400 g/mol. The summed E-state index contributed by atoms with van der Waals surface area (Å²) in [4.78, 5) is 24.6. The number of fused-ring (bicyclic) bond motifs is 1. The minimum Gasteiger partial charge on any atom is -0.494 e. The maximum atomic E-state index is 12.9. The average molecular weight is 426 g/mol. The second-order valence-corrected chi connectivity index (χ2v) is 6.84. The largest absolute Gasteiger partial charge is 0.494 e. The summed E-state index contributed by atoms with van der Waals surface area (Å²) < 4.78 is 27.5. The third-order valence-electron chi connectivity index (χ3n) is 4.46. The predicted molar refractivity (Wildman–Crippen MR) is 116 cm³/mol. The molecule has 0 spiro atoms. The van der Waals surface area contributed by atoms with Crippen molar-refractivity contribution in [3.63, 3.8) is 0 Å². The van der Waals surface area contributed by atoms with E-state index in [1.807, 2.05) is 13.8 Å². The van der Waals surface area contributed by atoms with Crippen molar-refractivity contribution in [3.8, 4) is 23.0 Å². The Morgan fingerprint density at radius 3 is 2.39 bits per heavy atom. The molecule has 164 valence electrons. The molecule has 3 rings (SSSR count). The van der Waals surface area contributed by atoms with E-state index in [-0.39, 0.29) is 17.8 Å². The van der Waals surface area contributed by atoms with Crippen molar-refractivity contribution >= 4 is 16.9 Å². The summed E-state index contributed by atoms with van der Waals surface area (Å²) in [5, 5.41) is 0.351. The molecule has 0 bridgehead atoms. The molecule has 1 heterocycles. The number of carbonyl (C=O) groups is 1. The second kappa shape index (κ2) is 10.5. The van der Waals surface area contributed by atoms with E-state index in [0.717, 1.165) is 18.6 Å². The number of benzene rings is 2. The van der Waals surface area contributed by atoms with Crippen molar-refractivity contribution in [2.75, 3.05) is 19.8 Å². The summed E-state index contributed by atoms with van der Waals surface area (Å²) in [6, 6.07) is 11.8. The first-order valence-corrected chi connectivity index (χ1v) is 10.3. The van der Waals surface area contributed by atoms with Gasteiger partial charge in [-0.05, 0) is 56.7 Å². The quantitative estimate of drug-likeness (QED) is 0.333. The lowest BCUT2D eigenvalue weighted by molar-refractivity contribution is -0.146. The number of aryl methyl sites for hydroxylation is 1. The van der Waals surface area contributed by atoms with Crippen molar-refractivity contribution < 1.29 is 28.2 Å². The fraction of sp³-hybridized carbons (Fsp3) is 0.333. The van der Waals surface area contributed by atoms with E-state index in [1.54, 1.807) is 49.4 Å². The maximum Gasteiger partial charge on any atom is 0.344 e. The monoisotopic (exact) mass is 426 g/mol. The Bertz CT molecular complexity index is 1080. The Morgan fingerprint density at radius 2 is 1.68 bits per heavy atom. The highest BCUT2D eigenvalue weighted by Gasteiger charge is 2.15. The number of hydrogen-bond acceptors (Lipinski definition) is 7. The molecule has 0 N–H and O–H groups in total. The van der Waals surface area contributed by atoms with Crippen LogP contribution < -0.4 is 19.6 Å². The van der Waals surface area contributed by atoms with Crippen LogP contribution >= 0.6 is 0 Å². The summed E-state index contributed by atoms with van der Waals surface area (Å²) in [6.45, 7) is 6.31. The zero-order valence-electron chi connectivity index (χ0n) is 17.9. The molecule has 0 unspecified atom stereocenters. The Hall–Kier alpha value is -3.48. The van der Waals surface area contributed by atoms with E-state index in [0.29, 0.717) is 41.4 Å². The van der Waals surface area contributed by atoms with Gasteiger partial charge in [-0.1, -0.05) is 13.3 Å². The van der Waals surface area contributed by atoms with E-state index >= 15 is 0 Å². The molecule has 0 radical (unpaired) electrons. The molecule has 7 heteroatoms. The van der Waals surface area contributed by atoms with Gasteiger partial charge in [-0.3, -0.25) is 4.79 Å². The molecule has 0 aliphatic heterocycles. The van der Waals surface area contributed by atoms with E-state index in [2.05, 4.69) is 0 Å². The second-order valence-electron chi connectivity index (χ2n) is 6.84. The van der Waals surface area contributed by atoms with Gasteiger partial charge in [0, 0.05) is 6.07 Å². The van der Waals surface area contributed by atoms with Gasteiger partial charge in [0.25, 0.3) is 0 Å². The molecule has 0 aliphatic rings. The molecule has 0 saturated heterocycles. The molecule has 0 fully saturated rings. The van der Waals surface area contributed by atoms with E-state index < -0.39 is 5.97 Å². The van der Waals surface area contributed by atoms with E-state index in [1.165, 1.54) is 0 Å². The molecule has 7 nitrogen and oxygen atoms in total. The van der Waals surface area contributed by atoms with Gasteiger partial charge < -0.3 is 23.4 Å². The van der Waals surface area contributed by atoms with Gasteiger partial charge in [-0.25, -0.2) is 4.79 Å². The van der Waals surface area contributed by atoms with Crippen molar-refractivity contribution in [2.24, 2.45) is 0 Å². The minimum atomic E-state index is -0.440. The van der Waals surface area contributed by atoms with Crippen LogP contribution in [0, 0.1) is 6.92 Å². The zero-order chi connectivity index (χ0) is 22.2. The van der Waals surface area contributed by atoms with Gasteiger partial charge >= 0.3 is 5.97 Å². The fourth-order valence-corrected chi connectivity index (χ4v) is 2.88. The van der Waals surface area contributed by atoms with E-state index in [9.17, 15) is 9.59 Å². The highest BCUT2D eigenvalue weighted by molar-refractivity contribution is 5.80. The normalized spacial score (nSPS) is 10.7. The van der Waals surface area contributed by atoms with Crippen LogP contribution in [0.1, 0.15) is 32.4 Å². The Morgan fingerprint density at radius 1 is 0.968 bits per heavy atom. The van der Waals surface area contributed by atoms with Crippen LogP contribution in [0.3, 0.4) is 0 Å². The summed E-state index contributed by atoms with van der Waals surface area (Å²) >= 11 is 0. The molecule has 0 amide bonds. The van der Waals surface area contributed by atoms with Crippen LogP contribution in [0.15, 0.2) is 51.7 Å². The Balaban J connectivity index is 1.75. The highest BCUT2D eigenvalue weighted by Crippen LogP contribution is 2.28. The number of hydrogen-bond donors (Lipinski definition) is 0. The van der Waals surface area contributed by atoms with E-state index in [4.69, 9.17) is 23.4 Å². The van der Waals surface area contributed by atoms with Gasteiger partial charge in [-0.2, -0.15) is 0 Å². The first-order valence-electron chi connectivity index (χ1n) is 10.3. The molecular formula is C24H26O7. The molecule has 31 heavy (non-hydrogen) atoms. The molecule has 0 saturated carbocycles. The van der Waals surface area contributed by atoms with Gasteiger partial charge in [0.2, 0.25) is 11.2 Å².